The molecule has 0 spiro atoms. The standard InChI is InChI=1S/C9H16N2O3/c1-5-3-6(7(12)13)9(11,14)4-8(5,2)10/h3,6,14H,4,10-11H2,1-2H3,(H,12,13). The normalized spacial score (nSPS) is 43.2. The quantitative estimate of drug-likeness (QED) is 0.334. The van der Waals surface area contributed by atoms with Gasteiger partial charge in [-0.05, 0) is 13.8 Å². The molecule has 0 aromatic heterocycles. The Balaban J connectivity index is 3.12. The number of hydrogen-bond donors (Lipinski definition) is 4. The van der Waals surface area contributed by atoms with Crippen LogP contribution in [-0.2, 0) is 4.79 Å². The summed E-state index contributed by atoms with van der Waals surface area (Å²) < 4.78 is 0. The molecule has 1 rings (SSSR count). The fourth-order valence-corrected chi connectivity index (χ4v) is 1.71. The molecule has 1 aliphatic rings. The van der Waals surface area contributed by atoms with Crippen LogP contribution in [0.2, 0.25) is 0 Å². The van der Waals surface area contributed by atoms with Crippen LogP contribution in [-0.4, -0.2) is 27.4 Å². The van der Waals surface area contributed by atoms with Crippen LogP contribution < -0.4 is 11.5 Å². The summed E-state index contributed by atoms with van der Waals surface area (Å²) in [6.45, 7) is 3.46. The molecule has 0 heterocycles. The van der Waals surface area contributed by atoms with E-state index >= 15 is 0 Å². The lowest BCUT2D eigenvalue weighted by atomic mass is 9.74. The number of hydrogen-bond acceptors (Lipinski definition) is 4. The highest BCUT2D eigenvalue weighted by Gasteiger charge is 2.46. The number of aliphatic carboxylic acids is 1. The van der Waals surface area contributed by atoms with E-state index in [1.54, 1.807) is 13.8 Å². The van der Waals surface area contributed by atoms with E-state index in [9.17, 15) is 9.90 Å². The fourth-order valence-electron chi connectivity index (χ4n) is 1.71. The number of aliphatic hydroxyl groups is 1. The maximum atomic E-state index is 10.8. The molecular weight excluding hydrogens is 184 g/mol. The first-order valence-electron chi connectivity index (χ1n) is 4.39. The predicted octanol–water partition coefficient (Wildman–Crippen LogP) is -0.598. The molecule has 0 bridgehead atoms. The average molecular weight is 200 g/mol. The number of rotatable bonds is 1. The molecule has 0 radical (unpaired) electrons. The van der Waals surface area contributed by atoms with Gasteiger partial charge in [0.1, 0.15) is 11.6 Å². The summed E-state index contributed by atoms with van der Waals surface area (Å²) in [5.74, 6) is -2.22. The molecule has 5 heteroatoms. The second kappa shape index (κ2) is 3.05. The molecule has 0 amide bonds. The summed E-state index contributed by atoms with van der Waals surface area (Å²) in [5.41, 5.74) is 9.60. The van der Waals surface area contributed by atoms with E-state index in [1.165, 1.54) is 6.08 Å². The lowest BCUT2D eigenvalue weighted by molar-refractivity contribution is -0.150. The van der Waals surface area contributed by atoms with Gasteiger partial charge in [-0.2, -0.15) is 0 Å². The Labute approximate surface area is 82.4 Å². The van der Waals surface area contributed by atoms with Crippen molar-refractivity contribution >= 4 is 5.97 Å². The first-order valence-corrected chi connectivity index (χ1v) is 4.39. The van der Waals surface area contributed by atoms with E-state index in [0.29, 0.717) is 0 Å². The molecule has 80 valence electrons. The van der Waals surface area contributed by atoms with Gasteiger partial charge in [0.2, 0.25) is 0 Å². The Morgan fingerprint density at radius 3 is 2.57 bits per heavy atom. The van der Waals surface area contributed by atoms with Crippen molar-refractivity contribution in [2.45, 2.75) is 31.5 Å². The minimum absolute atomic E-state index is 0.0410. The van der Waals surface area contributed by atoms with Gasteiger partial charge in [-0.25, -0.2) is 0 Å². The average Bonchev–Trinajstić information content (AvgIpc) is 1.93. The van der Waals surface area contributed by atoms with E-state index in [0.717, 1.165) is 5.57 Å². The van der Waals surface area contributed by atoms with Crippen LogP contribution >= 0.6 is 0 Å². The number of carboxylic acids is 1. The fraction of sp³-hybridized carbons (Fsp3) is 0.667. The maximum Gasteiger partial charge on any atom is 0.314 e. The molecular formula is C9H16N2O3. The summed E-state index contributed by atoms with van der Waals surface area (Å²) in [7, 11) is 0. The Kier molecular flexibility index (Phi) is 2.43. The van der Waals surface area contributed by atoms with Gasteiger partial charge in [-0.1, -0.05) is 11.6 Å². The summed E-state index contributed by atoms with van der Waals surface area (Å²) >= 11 is 0. The van der Waals surface area contributed by atoms with Crippen LogP contribution in [0.1, 0.15) is 20.3 Å². The van der Waals surface area contributed by atoms with Crippen LogP contribution in [0.25, 0.3) is 0 Å². The van der Waals surface area contributed by atoms with E-state index in [1.807, 2.05) is 0 Å². The van der Waals surface area contributed by atoms with Crippen molar-refractivity contribution in [2.75, 3.05) is 0 Å². The second-order valence-corrected chi connectivity index (χ2v) is 4.25. The van der Waals surface area contributed by atoms with Crippen LogP contribution in [0.3, 0.4) is 0 Å². The summed E-state index contributed by atoms with van der Waals surface area (Å²) in [5, 5.41) is 18.6. The SMILES string of the molecule is CC1=CC(C(=O)O)C(N)(O)CC1(C)N. The van der Waals surface area contributed by atoms with Crippen molar-refractivity contribution in [3.63, 3.8) is 0 Å². The van der Waals surface area contributed by atoms with Crippen LogP contribution in [0.4, 0.5) is 0 Å². The Bertz CT molecular complexity index is 294. The van der Waals surface area contributed by atoms with E-state index in [4.69, 9.17) is 16.6 Å². The molecule has 6 N–H and O–H groups in total. The smallest absolute Gasteiger partial charge is 0.314 e. The Morgan fingerprint density at radius 2 is 2.14 bits per heavy atom. The zero-order chi connectivity index (χ0) is 11.1. The van der Waals surface area contributed by atoms with Crippen molar-refractivity contribution < 1.29 is 15.0 Å². The molecule has 1 aliphatic carbocycles. The van der Waals surface area contributed by atoms with Gasteiger partial charge in [0.25, 0.3) is 0 Å². The first-order chi connectivity index (χ1) is 6.17. The Morgan fingerprint density at radius 1 is 1.64 bits per heavy atom. The van der Waals surface area contributed by atoms with Gasteiger partial charge in [-0.3, -0.25) is 4.79 Å². The van der Waals surface area contributed by atoms with Gasteiger partial charge in [-0.15, -0.1) is 0 Å². The largest absolute Gasteiger partial charge is 0.481 e. The molecule has 0 aromatic rings. The highest BCUT2D eigenvalue weighted by Crippen LogP contribution is 2.34. The minimum Gasteiger partial charge on any atom is -0.481 e. The number of carbonyl (C=O) groups is 1. The molecule has 14 heavy (non-hydrogen) atoms. The molecule has 3 unspecified atom stereocenters. The molecule has 0 fully saturated rings. The lowest BCUT2D eigenvalue weighted by Gasteiger charge is -2.41. The molecule has 5 nitrogen and oxygen atoms in total. The van der Waals surface area contributed by atoms with E-state index in [2.05, 4.69) is 0 Å². The summed E-state index contributed by atoms with van der Waals surface area (Å²) in [6, 6.07) is 0. The van der Waals surface area contributed by atoms with Crippen molar-refractivity contribution in [3.05, 3.63) is 11.6 Å². The van der Waals surface area contributed by atoms with Gasteiger partial charge in [0, 0.05) is 12.0 Å². The highest BCUT2D eigenvalue weighted by molar-refractivity contribution is 5.74. The topological polar surface area (TPSA) is 110 Å². The zero-order valence-electron chi connectivity index (χ0n) is 8.32. The molecule has 0 saturated carbocycles. The van der Waals surface area contributed by atoms with Crippen LogP contribution in [0.5, 0.6) is 0 Å². The number of nitrogens with two attached hydrogens (primary N) is 2. The maximum absolute atomic E-state index is 10.8. The minimum atomic E-state index is -1.77. The third-order valence-corrected chi connectivity index (χ3v) is 2.77. The molecule has 3 atom stereocenters. The summed E-state index contributed by atoms with van der Waals surface area (Å²) in [4.78, 5) is 10.8. The molecule has 0 aromatic carbocycles. The third kappa shape index (κ3) is 1.79. The summed E-state index contributed by atoms with van der Waals surface area (Å²) in [6.07, 6.45) is 1.46. The number of carboxylic acid groups (broad SMARTS) is 1. The Hall–Kier alpha value is -0.910. The van der Waals surface area contributed by atoms with Crippen molar-refractivity contribution in [2.24, 2.45) is 17.4 Å². The van der Waals surface area contributed by atoms with Gasteiger partial charge >= 0.3 is 5.97 Å². The van der Waals surface area contributed by atoms with Crippen LogP contribution in [0, 0.1) is 5.92 Å². The van der Waals surface area contributed by atoms with Gasteiger partial charge in [0.05, 0.1) is 0 Å². The predicted molar refractivity (Wildman–Crippen MR) is 51.2 cm³/mol. The van der Waals surface area contributed by atoms with E-state index < -0.39 is 23.2 Å². The van der Waals surface area contributed by atoms with Crippen molar-refractivity contribution in [1.29, 1.82) is 0 Å². The van der Waals surface area contributed by atoms with Crippen molar-refractivity contribution in [1.82, 2.24) is 0 Å². The van der Waals surface area contributed by atoms with Gasteiger partial charge < -0.3 is 21.7 Å². The lowest BCUT2D eigenvalue weighted by Crippen LogP contribution is -2.59. The molecule has 0 saturated heterocycles. The zero-order valence-corrected chi connectivity index (χ0v) is 8.32. The van der Waals surface area contributed by atoms with Gasteiger partial charge in [0.15, 0.2) is 0 Å². The van der Waals surface area contributed by atoms with Crippen molar-refractivity contribution in [3.8, 4) is 0 Å². The highest BCUT2D eigenvalue weighted by atomic mass is 16.4. The van der Waals surface area contributed by atoms with E-state index in [-0.39, 0.29) is 6.42 Å². The van der Waals surface area contributed by atoms with Crippen LogP contribution in [0.15, 0.2) is 11.6 Å². The molecule has 0 aliphatic heterocycles. The monoisotopic (exact) mass is 200 g/mol. The second-order valence-electron chi connectivity index (χ2n) is 4.25. The third-order valence-electron chi connectivity index (χ3n) is 2.77. The first kappa shape index (κ1) is 11.2.